The highest BCUT2D eigenvalue weighted by Crippen LogP contribution is 2.06. The minimum atomic E-state index is -1.22. The predicted octanol–water partition coefficient (Wildman–Crippen LogP) is 1.64. The van der Waals surface area contributed by atoms with Gasteiger partial charge in [0.05, 0.1) is 6.54 Å². The zero-order valence-corrected chi connectivity index (χ0v) is 14.9. The van der Waals surface area contributed by atoms with E-state index in [1.807, 2.05) is 48.5 Å². The fourth-order valence-corrected chi connectivity index (χ4v) is 2.54. The quantitative estimate of drug-likeness (QED) is 0.609. The molecule has 0 saturated carbocycles. The fraction of sp³-hybridized carbons (Fsp3) is 0.211. The molecule has 3 rings (SSSR count). The molecule has 1 atom stereocenters. The smallest absolute Gasteiger partial charge is 0.408 e. The van der Waals surface area contributed by atoms with Crippen LogP contribution in [0.1, 0.15) is 17.0 Å². The second-order valence-corrected chi connectivity index (χ2v) is 6.04. The van der Waals surface area contributed by atoms with Gasteiger partial charge < -0.3 is 15.2 Å². The Morgan fingerprint density at radius 2 is 1.68 bits per heavy atom. The van der Waals surface area contributed by atoms with E-state index in [4.69, 9.17) is 4.74 Å². The average molecular weight is 381 g/mol. The van der Waals surface area contributed by atoms with Crippen molar-refractivity contribution in [3.05, 3.63) is 77.6 Å². The molecule has 28 heavy (non-hydrogen) atoms. The number of carbonyl (C=O) groups is 2. The molecule has 1 aromatic heterocycles. The molecule has 9 nitrogen and oxygen atoms in total. The number of hydrogen-bond acceptors (Lipinski definition) is 6. The third-order valence-electron chi connectivity index (χ3n) is 3.97. The Bertz CT molecular complexity index is 914. The van der Waals surface area contributed by atoms with Crippen LogP contribution in [0.25, 0.3) is 0 Å². The van der Waals surface area contributed by atoms with E-state index in [0.29, 0.717) is 12.4 Å². The van der Waals surface area contributed by atoms with Crippen molar-refractivity contribution < 1.29 is 19.4 Å². The molecule has 0 unspecified atom stereocenters. The number of carboxylic acid groups (broad SMARTS) is 1. The minimum Gasteiger partial charge on any atom is -0.480 e. The van der Waals surface area contributed by atoms with Gasteiger partial charge in [-0.1, -0.05) is 60.7 Å². The second-order valence-electron chi connectivity index (χ2n) is 6.04. The van der Waals surface area contributed by atoms with Gasteiger partial charge in [0.15, 0.2) is 5.82 Å². The SMILES string of the molecule is O=C(N[C@@H](Cc1nnnn1Cc1ccccc1)C(=O)O)OCc1ccccc1. The molecule has 0 radical (unpaired) electrons. The summed E-state index contributed by atoms with van der Waals surface area (Å²) in [6.07, 6.45) is -0.895. The number of rotatable bonds is 8. The van der Waals surface area contributed by atoms with Gasteiger partial charge in [0.2, 0.25) is 0 Å². The topological polar surface area (TPSA) is 119 Å². The number of nitrogens with zero attached hydrogens (tertiary/aromatic N) is 4. The van der Waals surface area contributed by atoms with E-state index in [0.717, 1.165) is 11.1 Å². The number of carbonyl (C=O) groups excluding carboxylic acids is 1. The maximum atomic E-state index is 12.0. The predicted molar refractivity (Wildman–Crippen MR) is 98.3 cm³/mol. The largest absolute Gasteiger partial charge is 0.480 e. The summed E-state index contributed by atoms with van der Waals surface area (Å²) >= 11 is 0. The van der Waals surface area contributed by atoms with Crippen LogP contribution >= 0.6 is 0 Å². The van der Waals surface area contributed by atoms with Gasteiger partial charge in [-0.2, -0.15) is 0 Å². The lowest BCUT2D eigenvalue weighted by Crippen LogP contribution is -2.43. The number of alkyl carbamates (subject to hydrolysis) is 1. The molecule has 144 valence electrons. The molecule has 2 aromatic carbocycles. The van der Waals surface area contributed by atoms with Gasteiger partial charge in [0.25, 0.3) is 0 Å². The average Bonchev–Trinajstić information content (AvgIpc) is 3.14. The Labute approximate surface area is 160 Å². The standard InChI is InChI=1S/C19H19N5O4/c25-18(26)16(20-19(27)28-13-15-9-5-2-6-10-15)11-17-21-22-23-24(17)12-14-7-3-1-4-8-14/h1-10,16H,11-13H2,(H,20,27)(H,25,26)/t16-/m0/s1. The van der Waals surface area contributed by atoms with Crippen LogP contribution in [0.2, 0.25) is 0 Å². The third kappa shape index (κ3) is 5.37. The normalized spacial score (nSPS) is 11.6. The summed E-state index contributed by atoms with van der Waals surface area (Å²) in [7, 11) is 0. The molecule has 0 bridgehead atoms. The first-order valence-corrected chi connectivity index (χ1v) is 8.61. The number of nitrogens with one attached hydrogen (secondary N) is 1. The molecule has 3 aromatic rings. The first kappa shape index (κ1) is 19.0. The highest BCUT2D eigenvalue weighted by molar-refractivity contribution is 5.80. The van der Waals surface area contributed by atoms with Gasteiger partial charge in [-0.05, 0) is 21.6 Å². The van der Waals surface area contributed by atoms with E-state index in [1.165, 1.54) is 4.68 Å². The van der Waals surface area contributed by atoms with Gasteiger partial charge in [0, 0.05) is 6.42 Å². The minimum absolute atomic E-state index is 0.0464. The Morgan fingerprint density at radius 3 is 2.32 bits per heavy atom. The van der Waals surface area contributed by atoms with Crippen molar-refractivity contribution in [1.29, 1.82) is 0 Å². The number of hydrogen-bond donors (Lipinski definition) is 2. The number of amides is 1. The summed E-state index contributed by atoms with van der Waals surface area (Å²) < 4.78 is 6.58. The summed E-state index contributed by atoms with van der Waals surface area (Å²) in [6, 6.07) is 17.4. The number of benzene rings is 2. The number of aromatic nitrogens is 4. The van der Waals surface area contributed by atoms with Crippen molar-refractivity contribution in [2.75, 3.05) is 0 Å². The van der Waals surface area contributed by atoms with Crippen LogP contribution in [0.4, 0.5) is 4.79 Å². The molecular weight excluding hydrogens is 362 g/mol. The molecule has 0 fully saturated rings. The molecule has 9 heteroatoms. The molecule has 0 aliphatic heterocycles. The summed E-state index contributed by atoms with van der Waals surface area (Å²) in [5.74, 6) is -0.856. The summed E-state index contributed by atoms with van der Waals surface area (Å²) in [5, 5.41) is 23.2. The van der Waals surface area contributed by atoms with E-state index >= 15 is 0 Å². The first-order chi connectivity index (χ1) is 13.6. The van der Waals surface area contributed by atoms with Crippen LogP contribution in [0.15, 0.2) is 60.7 Å². The van der Waals surface area contributed by atoms with E-state index < -0.39 is 18.1 Å². The highest BCUT2D eigenvalue weighted by atomic mass is 16.5. The maximum Gasteiger partial charge on any atom is 0.408 e. The Hall–Kier alpha value is -3.75. The Morgan fingerprint density at radius 1 is 1.04 bits per heavy atom. The van der Waals surface area contributed by atoms with E-state index in [1.54, 1.807) is 12.1 Å². The maximum absolute atomic E-state index is 12.0. The van der Waals surface area contributed by atoms with Crippen molar-refractivity contribution in [2.45, 2.75) is 25.6 Å². The van der Waals surface area contributed by atoms with Crippen molar-refractivity contribution in [1.82, 2.24) is 25.5 Å². The molecular formula is C19H19N5O4. The van der Waals surface area contributed by atoms with Gasteiger partial charge >= 0.3 is 12.1 Å². The summed E-state index contributed by atoms with van der Waals surface area (Å²) in [4.78, 5) is 23.5. The van der Waals surface area contributed by atoms with Crippen molar-refractivity contribution >= 4 is 12.1 Å². The van der Waals surface area contributed by atoms with Crippen LogP contribution in [-0.4, -0.2) is 43.4 Å². The van der Waals surface area contributed by atoms with Crippen LogP contribution in [0.5, 0.6) is 0 Å². The summed E-state index contributed by atoms with van der Waals surface area (Å²) in [5.41, 5.74) is 1.77. The number of ether oxygens (including phenoxy) is 1. The Balaban J connectivity index is 1.60. The summed E-state index contributed by atoms with van der Waals surface area (Å²) in [6.45, 7) is 0.443. The zero-order valence-electron chi connectivity index (χ0n) is 14.9. The lowest BCUT2D eigenvalue weighted by atomic mass is 10.2. The second kappa shape index (κ2) is 9.26. The molecule has 1 amide bonds. The van der Waals surface area contributed by atoms with E-state index in [2.05, 4.69) is 20.8 Å². The van der Waals surface area contributed by atoms with Crippen LogP contribution < -0.4 is 5.32 Å². The van der Waals surface area contributed by atoms with Crippen LogP contribution in [-0.2, 0) is 29.1 Å². The lowest BCUT2D eigenvalue weighted by Gasteiger charge is -2.14. The van der Waals surface area contributed by atoms with Crippen molar-refractivity contribution in [3.8, 4) is 0 Å². The number of aliphatic carboxylic acids is 1. The van der Waals surface area contributed by atoms with Crippen LogP contribution in [0, 0.1) is 0 Å². The Kier molecular flexibility index (Phi) is 6.29. The van der Waals surface area contributed by atoms with Gasteiger partial charge in [-0.25, -0.2) is 14.3 Å². The third-order valence-corrected chi connectivity index (χ3v) is 3.97. The van der Waals surface area contributed by atoms with Gasteiger partial charge in [-0.15, -0.1) is 5.10 Å². The molecule has 0 spiro atoms. The number of carboxylic acids is 1. The monoisotopic (exact) mass is 381 g/mol. The van der Waals surface area contributed by atoms with Gasteiger partial charge in [-0.3, -0.25) is 0 Å². The van der Waals surface area contributed by atoms with Crippen LogP contribution in [0.3, 0.4) is 0 Å². The first-order valence-electron chi connectivity index (χ1n) is 8.61. The van der Waals surface area contributed by atoms with Gasteiger partial charge in [0.1, 0.15) is 12.6 Å². The zero-order chi connectivity index (χ0) is 19.8. The fourth-order valence-electron chi connectivity index (χ4n) is 2.54. The molecule has 2 N–H and O–H groups in total. The van der Waals surface area contributed by atoms with E-state index in [9.17, 15) is 14.7 Å². The molecule has 0 aliphatic carbocycles. The molecule has 1 heterocycles. The molecule has 0 saturated heterocycles. The van der Waals surface area contributed by atoms with Crippen molar-refractivity contribution in [2.24, 2.45) is 0 Å². The van der Waals surface area contributed by atoms with Crippen molar-refractivity contribution in [3.63, 3.8) is 0 Å². The molecule has 0 aliphatic rings. The lowest BCUT2D eigenvalue weighted by molar-refractivity contribution is -0.139. The number of tetrazole rings is 1. The van der Waals surface area contributed by atoms with E-state index in [-0.39, 0.29) is 13.0 Å². The highest BCUT2D eigenvalue weighted by Gasteiger charge is 2.24.